The van der Waals surface area contributed by atoms with Crippen molar-refractivity contribution in [3.63, 3.8) is 0 Å². The molecule has 0 spiro atoms. The first-order chi connectivity index (χ1) is 13.8. The molecule has 4 rings (SSSR count). The average Bonchev–Trinajstić information content (AvgIpc) is 3.12. The van der Waals surface area contributed by atoms with Crippen molar-refractivity contribution in [1.29, 1.82) is 0 Å². The van der Waals surface area contributed by atoms with E-state index in [9.17, 15) is 13.2 Å². The first kappa shape index (κ1) is 19.9. The average molecular weight is 426 g/mol. The van der Waals surface area contributed by atoms with Gasteiger partial charge in [0.2, 0.25) is 15.7 Å². The van der Waals surface area contributed by atoms with Gasteiger partial charge < -0.3 is 5.32 Å². The summed E-state index contributed by atoms with van der Waals surface area (Å²) in [6.45, 7) is 6.20. The summed E-state index contributed by atoms with van der Waals surface area (Å²) < 4.78 is 26.4. The number of anilines is 1. The lowest BCUT2D eigenvalue weighted by atomic mass is 9.89. The van der Waals surface area contributed by atoms with E-state index in [4.69, 9.17) is 0 Å². The van der Waals surface area contributed by atoms with Gasteiger partial charge in [0, 0.05) is 22.6 Å². The molecule has 1 N–H and O–H groups in total. The molecule has 1 aliphatic heterocycles. The summed E-state index contributed by atoms with van der Waals surface area (Å²) in [5.74, 6) is 0.142. The molecule has 0 aliphatic carbocycles. The standard InChI is InChI=1S/C23H23NO3S2/c1-14(2)16-6-8-17(9-7-16)19-12-21(25)24-22-20(13-28-23(19)22)29(26,27)18-10-4-15(3)5-11-18/h4-11,13-14,19H,12H2,1-3H3,(H,24,25). The van der Waals surface area contributed by atoms with Gasteiger partial charge in [-0.05, 0) is 36.1 Å². The maximum absolute atomic E-state index is 13.2. The molecule has 3 aromatic rings. The van der Waals surface area contributed by atoms with Crippen LogP contribution in [0.3, 0.4) is 0 Å². The normalized spacial score (nSPS) is 16.6. The number of carbonyl (C=O) groups excluding carboxylic acids is 1. The highest BCUT2D eigenvalue weighted by molar-refractivity contribution is 7.91. The second kappa shape index (κ2) is 7.43. The Balaban J connectivity index is 1.77. The maximum Gasteiger partial charge on any atom is 0.225 e. The summed E-state index contributed by atoms with van der Waals surface area (Å²) in [5, 5.41) is 4.47. The zero-order chi connectivity index (χ0) is 20.8. The third kappa shape index (κ3) is 3.63. The predicted octanol–water partition coefficient (Wildman–Crippen LogP) is 5.49. The molecule has 0 saturated heterocycles. The summed E-state index contributed by atoms with van der Waals surface area (Å²) in [6, 6.07) is 15.1. The number of carbonyl (C=O) groups is 1. The van der Waals surface area contributed by atoms with Crippen LogP contribution in [0.25, 0.3) is 0 Å². The van der Waals surface area contributed by atoms with Crippen LogP contribution in [0, 0.1) is 6.92 Å². The minimum Gasteiger partial charge on any atom is -0.324 e. The van der Waals surface area contributed by atoms with Gasteiger partial charge in [-0.1, -0.05) is 55.8 Å². The van der Waals surface area contributed by atoms with Gasteiger partial charge in [-0.15, -0.1) is 11.3 Å². The molecule has 0 fully saturated rings. The lowest BCUT2D eigenvalue weighted by molar-refractivity contribution is -0.116. The molecule has 150 valence electrons. The van der Waals surface area contributed by atoms with Crippen LogP contribution in [0.4, 0.5) is 5.69 Å². The number of hydrogen-bond acceptors (Lipinski definition) is 4. The molecule has 4 nitrogen and oxygen atoms in total. The topological polar surface area (TPSA) is 63.2 Å². The molecule has 0 saturated carbocycles. The van der Waals surface area contributed by atoms with Crippen LogP contribution in [0.5, 0.6) is 0 Å². The van der Waals surface area contributed by atoms with Gasteiger partial charge in [-0.3, -0.25) is 4.79 Å². The van der Waals surface area contributed by atoms with Gasteiger partial charge in [-0.2, -0.15) is 0 Å². The van der Waals surface area contributed by atoms with Gasteiger partial charge >= 0.3 is 0 Å². The summed E-state index contributed by atoms with van der Waals surface area (Å²) in [7, 11) is -3.71. The number of hydrogen-bond donors (Lipinski definition) is 1. The van der Waals surface area contributed by atoms with Crippen molar-refractivity contribution in [2.45, 2.75) is 48.8 Å². The van der Waals surface area contributed by atoms with Crippen LogP contribution >= 0.6 is 11.3 Å². The summed E-state index contributed by atoms with van der Waals surface area (Å²) in [5.41, 5.74) is 3.70. The first-order valence-electron chi connectivity index (χ1n) is 9.60. The fraction of sp³-hybridized carbons (Fsp3) is 0.261. The SMILES string of the molecule is Cc1ccc(S(=O)(=O)c2csc3c2NC(=O)CC3c2ccc(C(C)C)cc2)cc1. The zero-order valence-electron chi connectivity index (χ0n) is 16.6. The van der Waals surface area contributed by atoms with E-state index in [2.05, 4.69) is 43.4 Å². The molecule has 1 unspecified atom stereocenters. The van der Waals surface area contributed by atoms with Crippen molar-refractivity contribution >= 4 is 32.8 Å². The molecule has 1 atom stereocenters. The highest BCUT2D eigenvalue weighted by Gasteiger charge is 2.34. The van der Waals surface area contributed by atoms with E-state index in [1.807, 2.05) is 6.92 Å². The molecule has 2 aromatic carbocycles. The van der Waals surface area contributed by atoms with Crippen molar-refractivity contribution in [2.75, 3.05) is 5.32 Å². The second-order valence-electron chi connectivity index (χ2n) is 7.78. The Morgan fingerprint density at radius 2 is 1.69 bits per heavy atom. The Bertz CT molecular complexity index is 1160. The summed E-state index contributed by atoms with van der Waals surface area (Å²) in [4.78, 5) is 13.8. The Morgan fingerprint density at radius 3 is 2.31 bits per heavy atom. The Morgan fingerprint density at radius 1 is 1.03 bits per heavy atom. The predicted molar refractivity (Wildman–Crippen MR) is 117 cm³/mol. The van der Waals surface area contributed by atoms with Crippen LogP contribution in [-0.2, 0) is 14.6 Å². The van der Waals surface area contributed by atoms with Crippen molar-refractivity contribution < 1.29 is 13.2 Å². The highest BCUT2D eigenvalue weighted by atomic mass is 32.2. The molecule has 29 heavy (non-hydrogen) atoms. The van der Waals surface area contributed by atoms with E-state index in [0.29, 0.717) is 18.0 Å². The monoisotopic (exact) mass is 425 g/mol. The Kier molecular flexibility index (Phi) is 5.09. The van der Waals surface area contributed by atoms with E-state index in [1.165, 1.54) is 16.9 Å². The smallest absolute Gasteiger partial charge is 0.225 e. The number of thiophene rings is 1. The highest BCUT2D eigenvalue weighted by Crippen LogP contribution is 2.45. The molecule has 6 heteroatoms. The fourth-order valence-electron chi connectivity index (χ4n) is 3.63. The Labute approximate surface area is 175 Å². The minimum atomic E-state index is -3.71. The first-order valence-corrected chi connectivity index (χ1v) is 12.0. The lowest BCUT2D eigenvalue weighted by Crippen LogP contribution is -2.23. The van der Waals surface area contributed by atoms with Gasteiger partial charge in [0.15, 0.2) is 0 Å². The van der Waals surface area contributed by atoms with E-state index in [-0.39, 0.29) is 21.6 Å². The number of amides is 1. The largest absolute Gasteiger partial charge is 0.324 e. The van der Waals surface area contributed by atoms with E-state index >= 15 is 0 Å². The minimum absolute atomic E-state index is 0.132. The lowest BCUT2D eigenvalue weighted by Gasteiger charge is -2.24. The van der Waals surface area contributed by atoms with Crippen molar-refractivity contribution in [1.82, 2.24) is 0 Å². The van der Waals surface area contributed by atoms with Gasteiger partial charge in [0.25, 0.3) is 0 Å². The number of fused-ring (bicyclic) bond motifs is 1. The molecule has 0 bridgehead atoms. The zero-order valence-corrected chi connectivity index (χ0v) is 18.2. The number of benzene rings is 2. The van der Waals surface area contributed by atoms with Crippen LogP contribution in [0.15, 0.2) is 63.7 Å². The third-order valence-electron chi connectivity index (χ3n) is 5.38. The van der Waals surface area contributed by atoms with E-state index < -0.39 is 9.84 Å². The molecule has 1 aromatic heterocycles. The molecule has 1 aliphatic rings. The number of rotatable bonds is 4. The van der Waals surface area contributed by atoms with Crippen LogP contribution in [0.2, 0.25) is 0 Å². The molecule has 0 radical (unpaired) electrons. The summed E-state index contributed by atoms with van der Waals surface area (Å²) in [6.07, 6.45) is 0.318. The van der Waals surface area contributed by atoms with E-state index in [1.54, 1.807) is 29.6 Å². The maximum atomic E-state index is 13.2. The molecule has 2 heterocycles. The van der Waals surface area contributed by atoms with Crippen LogP contribution < -0.4 is 5.32 Å². The van der Waals surface area contributed by atoms with Gasteiger partial charge in [0.1, 0.15) is 4.90 Å². The summed E-state index contributed by atoms with van der Waals surface area (Å²) >= 11 is 1.40. The van der Waals surface area contributed by atoms with Gasteiger partial charge in [-0.25, -0.2) is 8.42 Å². The van der Waals surface area contributed by atoms with Gasteiger partial charge in [0.05, 0.1) is 10.6 Å². The fourth-order valence-corrected chi connectivity index (χ4v) is 6.54. The second-order valence-corrected chi connectivity index (χ2v) is 10.6. The van der Waals surface area contributed by atoms with Crippen molar-refractivity contribution in [3.8, 4) is 0 Å². The van der Waals surface area contributed by atoms with Crippen LogP contribution in [0.1, 0.15) is 53.7 Å². The number of sulfone groups is 1. The number of nitrogens with one attached hydrogen (secondary N) is 1. The molecular formula is C23H23NO3S2. The number of aryl methyl sites for hydroxylation is 1. The quantitative estimate of drug-likeness (QED) is 0.601. The van der Waals surface area contributed by atoms with E-state index in [0.717, 1.165) is 16.0 Å². The van der Waals surface area contributed by atoms with Crippen molar-refractivity contribution in [3.05, 3.63) is 75.5 Å². The molecule has 1 amide bonds. The van der Waals surface area contributed by atoms with Crippen LogP contribution in [-0.4, -0.2) is 14.3 Å². The molecular weight excluding hydrogens is 402 g/mol. The third-order valence-corrected chi connectivity index (χ3v) is 8.42. The van der Waals surface area contributed by atoms with Crippen molar-refractivity contribution in [2.24, 2.45) is 0 Å². The Hall–Kier alpha value is -2.44.